The minimum Gasteiger partial charge on any atom is -0.367 e. The van der Waals surface area contributed by atoms with E-state index in [2.05, 4.69) is 25.6 Å². The summed E-state index contributed by atoms with van der Waals surface area (Å²) in [5.74, 6) is 9.21. The number of aromatic nitrogens is 2. The first-order valence-electron chi connectivity index (χ1n) is 6.62. The molecule has 0 spiro atoms. The minimum absolute atomic E-state index is 0.452. The van der Waals surface area contributed by atoms with Gasteiger partial charge < -0.3 is 5.32 Å². The average molecular weight is 310 g/mol. The van der Waals surface area contributed by atoms with Crippen molar-refractivity contribution in [3.8, 4) is 0 Å². The number of fused-ring (bicyclic) bond motifs is 1. The van der Waals surface area contributed by atoms with E-state index in [1.165, 1.54) is 24.6 Å². The highest BCUT2D eigenvalue weighted by Gasteiger charge is 2.11. The van der Waals surface area contributed by atoms with E-state index in [-0.39, 0.29) is 0 Å². The fourth-order valence-corrected chi connectivity index (χ4v) is 3.98. The van der Waals surface area contributed by atoms with Crippen molar-refractivity contribution in [3.05, 3.63) is 11.4 Å². The third-order valence-corrected chi connectivity index (χ3v) is 5.11. The van der Waals surface area contributed by atoms with Crippen LogP contribution in [0.2, 0.25) is 0 Å². The lowest BCUT2D eigenvalue weighted by molar-refractivity contribution is 0.314. The zero-order valence-electron chi connectivity index (χ0n) is 11.1. The normalized spacial score (nSPS) is 16.4. The fraction of sp³-hybridized carbons (Fsp3) is 0.500. The van der Waals surface area contributed by atoms with Gasteiger partial charge in [-0.25, -0.2) is 10.8 Å². The van der Waals surface area contributed by atoms with Crippen LogP contribution >= 0.6 is 23.1 Å². The summed E-state index contributed by atoms with van der Waals surface area (Å²) < 4.78 is 1.08. The lowest BCUT2D eigenvalue weighted by Gasteiger charge is -2.26. The highest BCUT2D eigenvalue weighted by molar-refractivity contribution is 7.99. The van der Waals surface area contributed by atoms with Gasteiger partial charge in [-0.15, -0.1) is 11.3 Å². The minimum atomic E-state index is 0.452. The molecule has 0 aliphatic carbocycles. The molecule has 3 rings (SSSR count). The Hall–Kier alpha value is -1.09. The summed E-state index contributed by atoms with van der Waals surface area (Å²) in [4.78, 5) is 11.2. The topological polar surface area (TPSA) is 79.1 Å². The quantitative estimate of drug-likeness (QED) is 0.569. The third-order valence-electron chi connectivity index (χ3n) is 3.26. The Morgan fingerprint density at radius 3 is 2.95 bits per heavy atom. The maximum absolute atomic E-state index is 5.41. The van der Waals surface area contributed by atoms with E-state index in [0.717, 1.165) is 29.1 Å². The molecule has 0 saturated carbocycles. The van der Waals surface area contributed by atoms with Crippen molar-refractivity contribution in [1.29, 1.82) is 0 Å². The maximum Gasteiger partial charge on any atom is 0.239 e. The van der Waals surface area contributed by atoms with Crippen molar-refractivity contribution < 1.29 is 0 Å². The van der Waals surface area contributed by atoms with Gasteiger partial charge in [-0.05, 0) is 11.4 Å². The van der Waals surface area contributed by atoms with Crippen LogP contribution in [0.1, 0.15) is 0 Å². The first kappa shape index (κ1) is 13.9. The SMILES string of the molecule is NNc1nc(NCCN2CCSCC2)c2sccc2n1. The summed E-state index contributed by atoms with van der Waals surface area (Å²) in [5.41, 5.74) is 3.44. The Morgan fingerprint density at radius 1 is 1.30 bits per heavy atom. The number of nitrogens with zero attached hydrogens (tertiary/aromatic N) is 3. The molecule has 6 nitrogen and oxygen atoms in total. The summed E-state index contributed by atoms with van der Waals surface area (Å²) in [5, 5.41) is 5.43. The molecule has 2 aromatic rings. The van der Waals surface area contributed by atoms with Gasteiger partial charge in [-0.3, -0.25) is 10.3 Å². The number of hydrogen-bond acceptors (Lipinski definition) is 8. The highest BCUT2D eigenvalue weighted by atomic mass is 32.2. The second kappa shape index (κ2) is 6.57. The van der Waals surface area contributed by atoms with Gasteiger partial charge >= 0.3 is 0 Å². The monoisotopic (exact) mass is 310 g/mol. The molecule has 20 heavy (non-hydrogen) atoms. The number of nitrogens with two attached hydrogens (primary N) is 1. The number of rotatable bonds is 5. The Labute approximate surface area is 126 Å². The lowest BCUT2D eigenvalue weighted by Crippen LogP contribution is -2.36. The van der Waals surface area contributed by atoms with Gasteiger partial charge in [0, 0.05) is 37.7 Å². The number of thiophene rings is 1. The Bertz CT molecular complexity index is 566. The van der Waals surface area contributed by atoms with Gasteiger partial charge in [-0.1, -0.05) is 0 Å². The van der Waals surface area contributed by atoms with Crippen LogP contribution in [0.15, 0.2) is 11.4 Å². The van der Waals surface area contributed by atoms with Gasteiger partial charge in [0.1, 0.15) is 5.82 Å². The Morgan fingerprint density at radius 2 is 2.15 bits per heavy atom. The highest BCUT2D eigenvalue weighted by Crippen LogP contribution is 2.26. The second-order valence-corrected chi connectivity index (χ2v) is 6.70. The zero-order chi connectivity index (χ0) is 13.8. The summed E-state index contributed by atoms with van der Waals surface area (Å²) in [7, 11) is 0. The molecule has 0 radical (unpaired) electrons. The number of anilines is 2. The second-order valence-electron chi connectivity index (χ2n) is 4.56. The molecule has 2 aromatic heterocycles. The molecule has 8 heteroatoms. The molecule has 4 N–H and O–H groups in total. The van der Waals surface area contributed by atoms with Gasteiger partial charge in [-0.2, -0.15) is 16.7 Å². The van der Waals surface area contributed by atoms with E-state index in [0.29, 0.717) is 5.95 Å². The maximum atomic E-state index is 5.41. The summed E-state index contributed by atoms with van der Waals surface area (Å²) in [6, 6.07) is 1.98. The van der Waals surface area contributed by atoms with E-state index in [4.69, 9.17) is 5.84 Å². The van der Waals surface area contributed by atoms with Crippen molar-refractivity contribution in [2.24, 2.45) is 5.84 Å². The average Bonchev–Trinajstić information content (AvgIpc) is 2.96. The molecule has 0 aromatic carbocycles. The smallest absolute Gasteiger partial charge is 0.239 e. The third kappa shape index (κ3) is 3.14. The van der Waals surface area contributed by atoms with Crippen molar-refractivity contribution in [2.75, 3.05) is 48.4 Å². The van der Waals surface area contributed by atoms with Crippen LogP contribution in [0, 0.1) is 0 Å². The zero-order valence-corrected chi connectivity index (χ0v) is 12.8. The standard InChI is InChI=1S/C12H18N6S2/c13-17-12-15-9-1-6-20-10(9)11(16-12)14-2-3-18-4-7-19-8-5-18/h1,6H,2-5,7-8,13H2,(H2,14,15,16,17). The van der Waals surface area contributed by atoms with Crippen LogP contribution in [0.4, 0.5) is 11.8 Å². The van der Waals surface area contributed by atoms with E-state index < -0.39 is 0 Å². The first-order chi connectivity index (χ1) is 9.86. The van der Waals surface area contributed by atoms with E-state index >= 15 is 0 Å². The molecule has 1 aliphatic heterocycles. The van der Waals surface area contributed by atoms with E-state index in [1.54, 1.807) is 11.3 Å². The fourth-order valence-electron chi connectivity index (χ4n) is 2.21. The number of hydrazine groups is 1. The van der Waals surface area contributed by atoms with Gasteiger partial charge in [0.25, 0.3) is 0 Å². The van der Waals surface area contributed by atoms with Crippen molar-refractivity contribution in [2.45, 2.75) is 0 Å². The number of nitrogens with one attached hydrogen (secondary N) is 2. The van der Waals surface area contributed by atoms with Crippen LogP contribution in [0.5, 0.6) is 0 Å². The van der Waals surface area contributed by atoms with E-state index in [9.17, 15) is 0 Å². The van der Waals surface area contributed by atoms with Crippen molar-refractivity contribution in [3.63, 3.8) is 0 Å². The van der Waals surface area contributed by atoms with Gasteiger partial charge in [0.15, 0.2) is 0 Å². The summed E-state index contributed by atoms with van der Waals surface area (Å²) in [6.45, 7) is 4.29. The van der Waals surface area contributed by atoms with Gasteiger partial charge in [0.2, 0.25) is 5.95 Å². The molecule has 0 bridgehead atoms. The van der Waals surface area contributed by atoms with Crippen LogP contribution in [-0.4, -0.2) is 52.6 Å². The predicted octanol–water partition coefficient (Wildman–Crippen LogP) is 1.44. The number of thioether (sulfide) groups is 1. The Balaban J connectivity index is 1.65. The molecular weight excluding hydrogens is 292 g/mol. The van der Waals surface area contributed by atoms with Gasteiger partial charge in [0.05, 0.1) is 10.2 Å². The van der Waals surface area contributed by atoms with Crippen LogP contribution in [0.25, 0.3) is 10.2 Å². The molecule has 1 aliphatic rings. The molecule has 0 unspecified atom stereocenters. The first-order valence-corrected chi connectivity index (χ1v) is 8.66. The van der Waals surface area contributed by atoms with Crippen molar-refractivity contribution >= 4 is 45.1 Å². The molecule has 0 amide bonds. The molecule has 1 saturated heterocycles. The van der Waals surface area contributed by atoms with Crippen LogP contribution in [0.3, 0.4) is 0 Å². The van der Waals surface area contributed by atoms with Crippen LogP contribution in [-0.2, 0) is 0 Å². The largest absolute Gasteiger partial charge is 0.367 e. The molecular formula is C12H18N6S2. The molecule has 1 fully saturated rings. The molecule has 3 heterocycles. The Kier molecular flexibility index (Phi) is 4.56. The molecule has 0 atom stereocenters. The summed E-state index contributed by atoms with van der Waals surface area (Å²) >= 11 is 3.68. The van der Waals surface area contributed by atoms with Crippen molar-refractivity contribution in [1.82, 2.24) is 14.9 Å². The number of hydrogen-bond donors (Lipinski definition) is 3. The predicted molar refractivity (Wildman–Crippen MR) is 87.5 cm³/mol. The summed E-state index contributed by atoms with van der Waals surface area (Å²) in [6.07, 6.45) is 0. The lowest BCUT2D eigenvalue weighted by atomic mass is 10.4. The molecule has 108 valence electrons. The van der Waals surface area contributed by atoms with Crippen LogP contribution < -0.4 is 16.6 Å². The van der Waals surface area contributed by atoms with E-state index in [1.807, 2.05) is 23.2 Å². The number of nitrogen functional groups attached to an aromatic ring is 1.